The summed E-state index contributed by atoms with van der Waals surface area (Å²) in [5.74, 6) is 0.714. The smallest absolute Gasteiger partial charge is 0.160 e. The van der Waals surface area contributed by atoms with Crippen molar-refractivity contribution in [3.05, 3.63) is 205 Å². The Labute approximate surface area is 324 Å². The van der Waals surface area contributed by atoms with E-state index in [0.717, 1.165) is 33.6 Å². The first-order valence-corrected chi connectivity index (χ1v) is 19.6. The zero-order chi connectivity index (χ0) is 36.5. The number of thiophene rings is 1. The van der Waals surface area contributed by atoms with Crippen molar-refractivity contribution in [3.63, 3.8) is 0 Å². The van der Waals surface area contributed by atoms with Gasteiger partial charge in [0, 0.05) is 42.3 Å². The normalized spacial score (nSPS) is 14.7. The summed E-state index contributed by atoms with van der Waals surface area (Å²) in [7, 11) is 0. The zero-order valence-electron chi connectivity index (χ0n) is 30.2. The lowest BCUT2D eigenvalue weighted by molar-refractivity contribution is 0.714. The van der Waals surface area contributed by atoms with Crippen LogP contribution in [0.2, 0.25) is 0 Å². The van der Waals surface area contributed by atoms with Crippen LogP contribution >= 0.6 is 11.3 Å². The molecular weight excluding hydrogens is 685 g/mol. The summed E-state index contributed by atoms with van der Waals surface area (Å²) in [6, 6.07) is 68.0. The number of hydrogen-bond acceptors (Lipinski definition) is 3. The number of rotatable bonds is 5. The molecule has 0 saturated heterocycles. The Balaban J connectivity index is 1.08. The third-order valence-corrected chi connectivity index (χ3v) is 12.7. The molecule has 10 aromatic rings. The molecule has 2 nitrogen and oxygen atoms in total. The van der Waals surface area contributed by atoms with Gasteiger partial charge < -0.3 is 0 Å². The molecule has 3 heteroatoms. The monoisotopic (exact) mass is 718 g/mol. The molecule has 1 aliphatic rings. The molecule has 0 spiro atoms. The Morgan fingerprint density at radius 2 is 1.04 bits per heavy atom. The van der Waals surface area contributed by atoms with Crippen molar-refractivity contribution in [2.24, 2.45) is 0 Å². The van der Waals surface area contributed by atoms with Crippen molar-refractivity contribution in [2.45, 2.75) is 12.3 Å². The summed E-state index contributed by atoms with van der Waals surface area (Å²) < 4.78 is 2.62. The maximum Gasteiger partial charge on any atom is 0.160 e. The fourth-order valence-electron chi connectivity index (χ4n) is 8.79. The molecule has 258 valence electrons. The highest BCUT2D eigenvalue weighted by atomic mass is 32.1. The molecule has 0 bridgehead atoms. The minimum Gasteiger partial charge on any atom is -0.228 e. The summed E-state index contributed by atoms with van der Waals surface area (Å²) in [6.07, 6.45) is 0. The maximum atomic E-state index is 5.32. The van der Waals surface area contributed by atoms with Gasteiger partial charge >= 0.3 is 0 Å². The second-order valence-corrected chi connectivity index (χ2v) is 15.8. The van der Waals surface area contributed by atoms with Crippen LogP contribution in [0.4, 0.5) is 0 Å². The quantitative estimate of drug-likeness (QED) is 0.177. The van der Waals surface area contributed by atoms with Crippen LogP contribution < -0.4 is 0 Å². The SMILES string of the molecule is CC1(c2ccccc2)c2ccccc2-c2c(-c3cc(-c4cccc(-c5ccc6sc7cc8ccccc8cc7c6c5)c4)nc(-c4ccccc4)n3)cccc21. The first kappa shape index (κ1) is 31.8. The maximum absolute atomic E-state index is 5.32. The van der Waals surface area contributed by atoms with E-state index in [2.05, 4.69) is 189 Å². The molecule has 0 saturated carbocycles. The van der Waals surface area contributed by atoms with Crippen molar-refractivity contribution in [2.75, 3.05) is 0 Å². The van der Waals surface area contributed by atoms with Crippen LogP contribution in [0.3, 0.4) is 0 Å². The fraction of sp³-hybridized carbons (Fsp3) is 0.0385. The van der Waals surface area contributed by atoms with Crippen molar-refractivity contribution in [3.8, 4) is 56.2 Å². The number of nitrogens with zero attached hydrogens (tertiary/aromatic N) is 2. The summed E-state index contributed by atoms with van der Waals surface area (Å²) in [6.45, 7) is 2.36. The molecule has 0 N–H and O–H groups in total. The molecule has 55 heavy (non-hydrogen) atoms. The third kappa shape index (κ3) is 5.08. The van der Waals surface area contributed by atoms with Crippen molar-refractivity contribution in [1.29, 1.82) is 0 Å². The van der Waals surface area contributed by atoms with Crippen LogP contribution in [0, 0.1) is 0 Å². The largest absolute Gasteiger partial charge is 0.228 e. The minimum atomic E-state index is -0.294. The van der Waals surface area contributed by atoms with Gasteiger partial charge in [0.1, 0.15) is 0 Å². The summed E-state index contributed by atoms with van der Waals surface area (Å²) in [5, 5.41) is 5.16. The number of fused-ring (bicyclic) bond motifs is 7. The second kappa shape index (κ2) is 12.4. The lowest BCUT2D eigenvalue weighted by Gasteiger charge is -2.28. The van der Waals surface area contributed by atoms with Gasteiger partial charge in [0.2, 0.25) is 0 Å². The Morgan fingerprint density at radius 3 is 1.89 bits per heavy atom. The molecule has 1 atom stereocenters. The molecule has 2 aromatic heterocycles. The van der Waals surface area contributed by atoms with E-state index in [1.165, 1.54) is 64.3 Å². The molecule has 0 aliphatic heterocycles. The Kier molecular flexibility index (Phi) is 7.20. The minimum absolute atomic E-state index is 0.294. The average Bonchev–Trinajstić information content (AvgIpc) is 3.75. The van der Waals surface area contributed by atoms with Crippen molar-refractivity contribution in [1.82, 2.24) is 9.97 Å². The van der Waals surface area contributed by atoms with Crippen LogP contribution in [0.5, 0.6) is 0 Å². The second-order valence-electron chi connectivity index (χ2n) is 14.7. The van der Waals surface area contributed by atoms with Gasteiger partial charge in [0.05, 0.1) is 11.4 Å². The summed E-state index contributed by atoms with van der Waals surface area (Å²) >= 11 is 1.87. The van der Waals surface area contributed by atoms with Gasteiger partial charge in [0.25, 0.3) is 0 Å². The highest BCUT2D eigenvalue weighted by molar-refractivity contribution is 7.25. The molecule has 11 rings (SSSR count). The van der Waals surface area contributed by atoms with Gasteiger partial charge in [-0.1, -0.05) is 152 Å². The molecule has 0 fully saturated rings. The number of hydrogen-bond donors (Lipinski definition) is 0. The van der Waals surface area contributed by atoms with E-state index in [1.54, 1.807) is 0 Å². The molecule has 0 radical (unpaired) electrons. The summed E-state index contributed by atoms with van der Waals surface area (Å²) in [4.78, 5) is 10.6. The average molecular weight is 719 g/mol. The van der Waals surface area contributed by atoms with Gasteiger partial charge in [-0.05, 0) is 93.0 Å². The van der Waals surface area contributed by atoms with Crippen LogP contribution in [-0.2, 0) is 5.41 Å². The highest BCUT2D eigenvalue weighted by Crippen LogP contribution is 2.55. The Morgan fingerprint density at radius 1 is 0.418 bits per heavy atom. The van der Waals surface area contributed by atoms with Crippen LogP contribution in [0.25, 0.3) is 87.1 Å². The van der Waals surface area contributed by atoms with Gasteiger partial charge in [-0.3, -0.25) is 0 Å². The molecule has 0 amide bonds. The van der Waals surface area contributed by atoms with Gasteiger partial charge in [-0.15, -0.1) is 11.3 Å². The van der Waals surface area contributed by atoms with Crippen LogP contribution in [-0.4, -0.2) is 9.97 Å². The molecule has 2 heterocycles. The van der Waals surface area contributed by atoms with E-state index in [-0.39, 0.29) is 5.41 Å². The fourth-order valence-corrected chi connectivity index (χ4v) is 9.90. The predicted molar refractivity (Wildman–Crippen MR) is 232 cm³/mol. The van der Waals surface area contributed by atoms with E-state index in [9.17, 15) is 0 Å². The van der Waals surface area contributed by atoms with Gasteiger partial charge in [-0.25, -0.2) is 9.97 Å². The molecular formula is C52H34N2S. The van der Waals surface area contributed by atoms with E-state index in [1.807, 2.05) is 17.4 Å². The lowest BCUT2D eigenvalue weighted by atomic mass is 9.74. The van der Waals surface area contributed by atoms with Crippen molar-refractivity contribution >= 4 is 42.3 Å². The van der Waals surface area contributed by atoms with Crippen LogP contribution in [0.1, 0.15) is 23.6 Å². The number of aromatic nitrogens is 2. The zero-order valence-corrected chi connectivity index (χ0v) is 31.0. The van der Waals surface area contributed by atoms with Gasteiger partial charge in [-0.2, -0.15) is 0 Å². The summed E-state index contributed by atoms with van der Waals surface area (Å²) in [5.41, 5.74) is 13.4. The first-order chi connectivity index (χ1) is 27.1. The third-order valence-electron chi connectivity index (χ3n) is 11.6. The van der Waals surface area contributed by atoms with Gasteiger partial charge in [0.15, 0.2) is 5.82 Å². The van der Waals surface area contributed by atoms with E-state index < -0.39 is 0 Å². The standard InChI is InChI=1S/C52H34N2S/c1-52(39-20-6-3-7-21-39)44-24-11-10-22-40(44)50-41(23-13-25-45(50)52)47-32-46(53-51(54-47)33-14-4-2-5-15-33)38-19-12-18-34(28-38)37-26-27-48-42(30-37)43-29-35-16-8-9-17-36(35)31-49(43)55-48/h2-32H,1H3. The topological polar surface area (TPSA) is 25.8 Å². The Hall–Kier alpha value is -6.68. The van der Waals surface area contributed by atoms with Crippen LogP contribution in [0.15, 0.2) is 188 Å². The Bertz CT molecular complexity index is 3110. The van der Waals surface area contributed by atoms with Crippen molar-refractivity contribution < 1.29 is 0 Å². The lowest BCUT2D eigenvalue weighted by Crippen LogP contribution is -2.22. The molecule has 1 aliphatic carbocycles. The molecule has 1 unspecified atom stereocenters. The first-order valence-electron chi connectivity index (χ1n) is 18.8. The van der Waals surface area contributed by atoms with E-state index >= 15 is 0 Å². The molecule has 8 aromatic carbocycles. The highest BCUT2D eigenvalue weighted by Gasteiger charge is 2.41. The predicted octanol–water partition coefficient (Wildman–Crippen LogP) is 14.0. The number of benzene rings is 8. The van der Waals surface area contributed by atoms with E-state index in [4.69, 9.17) is 9.97 Å². The van der Waals surface area contributed by atoms with E-state index in [0.29, 0.717) is 5.82 Å².